The molecule has 2 rings (SSSR count). The van der Waals surface area contributed by atoms with Crippen LogP contribution < -0.4 is 15.4 Å². The monoisotopic (exact) mass is 283 g/mol. The van der Waals surface area contributed by atoms with E-state index in [9.17, 15) is 0 Å². The van der Waals surface area contributed by atoms with Crippen LogP contribution in [0.1, 0.15) is 0 Å². The van der Waals surface area contributed by atoms with Gasteiger partial charge in [-0.15, -0.1) is 0 Å². The molecule has 0 unspecified atom stereocenters. The molecule has 2 heterocycles. The van der Waals surface area contributed by atoms with Gasteiger partial charge in [0, 0.05) is 30.9 Å². The summed E-state index contributed by atoms with van der Waals surface area (Å²) in [6, 6.07) is 3.70. The van der Waals surface area contributed by atoms with E-state index in [1.165, 1.54) is 0 Å². The molecule has 0 bridgehead atoms. The van der Waals surface area contributed by atoms with Crippen LogP contribution in [0.25, 0.3) is 0 Å². The van der Waals surface area contributed by atoms with Crippen LogP contribution in [0.3, 0.4) is 0 Å². The number of nitrogen functional groups attached to an aromatic ring is 1. The molecule has 0 aliphatic carbocycles. The number of nitrogens with zero attached hydrogens (tertiary/aromatic N) is 2. The van der Waals surface area contributed by atoms with Crippen LogP contribution >= 0.6 is 0 Å². The predicted molar refractivity (Wildman–Crippen MR) is 75.1 cm³/mol. The van der Waals surface area contributed by atoms with E-state index >= 15 is 0 Å². The number of aromatic nitrogens is 1. The smallest absolute Gasteiger partial charge is 0.217 e. The number of aliphatic hydroxyl groups is 1. The summed E-state index contributed by atoms with van der Waals surface area (Å²) in [4.78, 5) is 6.33. The van der Waals surface area contributed by atoms with Crippen molar-refractivity contribution >= 4 is 11.5 Å². The molecule has 0 amide bonds. The zero-order valence-corrected chi connectivity index (χ0v) is 11.5. The fraction of sp³-hybridized carbons (Fsp3) is 0.615. The molecule has 1 aliphatic heterocycles. The van der Waals surface area contributed by atoms with Crippen molar-refractivity contribution in [2.75, 3.05) is 63.4 Å². The zero-order valence-electron chi connectivity index (χ0n) is 11.5. The summed E-state index contributed by atoms with van der Waals surface area (Å²) >= 11 is 0. The lowest BCUT2D eigenvalue weighted by Crippen LogP contribution is -2.36. The van der Waals surface area contributed by atoms with Gasteiger partial charge in [-0.3, -0.25) is 0 Å². The van der Waals surface area contributed by atoms with Gasteiger partial charge in [0.25, 0.3) is 0 Å². The average Bonchev–Trinajstić information content (AvgIpc) is 2.47. The van der Waals surface area contributed by atoms with E-state index in [4.69, 9.17) is 25.1 Å². The number of ether oxygens (including phenoxy) is 3. The van der Waals surface area contributed by atoms with E-state index in [2.05, 4.69) is 9.88 Å². The SMILES string of the molecule is Nc1cc(N2CCOCC2)cc(OCCOCCO)n1. The molecule has 7 heteroatoms. The minimum atomic E-state index is 0.0116. The minimum absolute atomic E-state index is 0.0116. The lowest BCUT2D eigenvalue weighted by Gasteiger charge is -2.29. The summed E-state index contributed by atoms with van der Waals surface area (Å²) in [7, 11) is 0. The van der Waals surface area contributed by atoms with Crippen molar-refractivity contribution in [2.45, 2.75) is 0 Å². The number of morpholine rings is 1. The van der Waals surface area contributed by atoms with E-state index < -0.39 is 0 Å². The van der Waals surface area contributed by atoms with Gasteiger partial charge in [-0.2, -0.15) is 4.98 Å². The highest BCUT2D eigenvalue weighted by molar-refractivity contribution is 5.55. The van der Waals surface area contributed by atoms with Gasteiger partial charge in [0.1, 0.15) is 12.4 Å². The Labute approximate surface area is 118 Å². The molecule has 0 aromatic carbocycles. The summed E-state index contributed by atoms with van der Waals surface area (Å²) in [5.74, 6) is 0.916. The maximum atomic E-state index is 8.59. The zero-order chi connectivity index (χ0) is 14.2. The molecule has 1 fully saturated rings. The van der Waals surface area contributed by atoms with Gasteiger partial charge in [0.15, 0.2) is 0 Å². The first-order chi connectivity index (χ1) is 9.79. The van der Waals surface area contributed by atoms with Crippen LogP contribution in [0, 0.1) is 0 Å². The Bertz CT molecular complexity index is 411. The Morgan fingerprint density at radius 3 is 2.80 bits per heavy atom. The molecule has 1 aromatic heterocycles. The quantitative estimate of drug-likeness (QED) is 0.675. The molecule has 0 atom stereocenters. The van der Waals surface area contributed by atoms with Crippen molar-refractivity contribution in [1.29, 1.82) is 0 Å². The third-order valence-electron chi connectivity index (χ3n) is 2.90. The van der Waals surface area contributed by atoms with E-state index in [0.29, 0.717) is 44.7 Å². The normalized spacial score (nSPS) is 15.3. The first-order valence-corrected chi connectivity index (χ1v) is 6.71. The van der Waals surface area contributed by atoms with Crippen LogP contribution in [0.5, 0.6) is 5.88 Å². The molecule has 0 saturated carbocycles. The van der Waals surface area contributed by atoms with Crippen LogP contribution in [0.2, 0.25) is 0 Å². The summed E-state index contributed by atoms with van der Waals surface area (Å²) in [6.45, 7) is 4.21. The van der Waals surface area contributed by atoms with Gasteiger partial charge in [-0.25, -0.2) is 0 Å². The van der Waals surface area contributed by atoms with Crippen molar-refractivity contribution in [3.63, 3.8) is 0 Å². The first kappa shape index (κ1) is 14.8. The number of hydrogen-bond donors (Lipinski definition) is 2. The highest BCUT2D eigenvalue weighted by atomic mass is 16.5. The first-order valence-electron chi connectivity index (χ1n) is 6.71. The summed E-state index contributed by atoms with van der Waals surface area (Å²) < 4.78 is 16.0. The van der Waals surface area contributed by atoms with Crippen molar-refractivity contribution in [2.24, 2.45) is 0 Å². The van der Waals surface area contributed by atoms with Crippen LogP contribution in [-0.4, -0.2) is 62.8 Å². The van der Waals surface area contributed by atoms with Crippen molar-refractivity contribution in [3.8, 4) is 5.88 Å². The van der Waals surface area contributed by atoms with Gasteiger partial charge in [0.2, 0.25) is 5.88 Å². The largest absolute Gasteiger partial charge is 0.475 e. The average molecular weight is 283 g/mol. The highest BCUT2D eigenvalue weighted by Crippen LogP contribution is 2.23. The van der Waals surface area contributed by atoms with Gasteiger partial charge < -0.3 is 30.0 Å². The molecule has 112 valence electrons. The number of pyridine rings is 1. The van der Waals surface area contributed by atoms with Crippen molar-refractivity contribution < 1.29 is 19.3 Å². The van der Waals surface area contributed by atoms with Crippen LogP contribution in [-0.2, 0) is 9.47 Å². The Morgan fingerprint density at radius 1 is 1.25 bits per heavy atom. The molecule has 7 nitrogen and oxygen atoms in total. The Morgan fingerprint density at radius 2 is 2.05 bits per heavy atom. The molecular formula is C13H21N3O4. The van der Waals surface area contributed by atoms with Crippen LogP contribution in [0.4, 0.5) is 11.5 Å². The second-order valence-corrected chi connectivity index (χ2v) is 4.37. The third kappa shape index (κ3) is 4.52. The summed E-state index contributed by atoms with van der Waals surface area (Å²) in [5.41, 5.74) is 6.80. The summed E-state index contributed by atoms with van der Waals surface area (Å²) in [6.07, 6.45) is 0. The standard InChI is InChI=1S/C13H21N3O4/c14-12-9-11(16-1-4-18-5-2-16)10-13(15-12)20-8-7-19-6-3-17/h9-10,17H,1-8H2,(H2,14,15). The number of nitrogens with two attached hydrogens (primary N) is 1. The molecule has 1 aliphatic rings. The van der Waals surface area contributed by atoms with Gasteiger partial charge >= 0.3 is 0 Å². The Balaban J connectivity index is 1.90. The maximum absolute atomic E-state index is 8.59. The predicted octanol–water partition coefficient (Wildman–Crippen LogP) is -0.112. The van der Waals surface area contributed by atoms with Crippen molar-refractivity contribution in [3.05, 3.63) is 12.1 Å². The fourth-order valence-electron chi connectivity index (χ4n) is 1.96. The Hall–Kier alpha value is -1.57. The number of anilines is 2. The second-order valence-electron chi connectivity index (χ2n) is 4.37. The van der Waals surface area contributed by atoms with Gasteiger partial charge in [-0.1, -0.05) is 0 Å². The molecule has 0 spiro atoms. The highest BCUT2D eigenvalue weighted by Gasteiger charge is 2.13. The number of aliphatic hydroxyl groups excluding tert-OH is 1. The molecule has 3 N–H and O–H groups in total. The number of rotatable bonds is 7. The lowest BCUT2D eigenvalue weighted by molar-refractivity contribution is 0.0695. The van der Waals surface area contributed by atoms with Crippen molar-refractivity contribution in [1.82, 2.24) is 4.98 Å². The van der Waals surface area contributed by atoms with E-state index in [-0.39, 0.29) is 6.61 Å². The van der Waals surface area contributed by atoms with E-state index in [1.54, 1.807) is 0 Å². The minimum Gasteiger partial charge on any atom is -0.475 e. The molecule has 1 saturated heterocycles. The Kier molecular flexibility index (Phi) is 5.85. The summed E-state index contributed by atoms with van der Waals surface area (Å²) in [5, 5.41) is 8.59. The maximum Gasteiger partial charge on any atom is 0.217 e. The van der Waals surface area contributed by atoms with Gasteiger partial charge in [0.05, 0.1) is 33.0 Å². The van der Waals surface area contributed by atoms with Gasteiger partial charge in [-0.05, 0) is 0 Å². The molecule has 20 heavy (non-hydrogen) atoms. The third-order valence-corrected chi connectivity index (χ3v) is 2.90. The lowest BCUT2D eigenvalue weighted by atomic mass is 10.3. The molecule has 1 aromatic rings. The van der Waals surface area contributed by atoms with Crippen LogP contribution in [0.15, 0.2) is 12.1 Å². The van der Waals surface area contributed by atoms with E-state index in [1.807, 2.05) is 12.1 Å². The van der Waals surface area contributed by atoms with E-state index in [0.717, 1.165) is 18.8 Å². The number of hydrogen-bond acceptors (Lipinski definition) is 7. The topological polar surface area (TPSA) is 90.1 Å². The molecule has 0 radical (unpaired) electrons. The molecular weight excluding hydrogens is 262 g/mol. The second kappa shape index (κ2) is 7.88. The fourth-order valence-corrected chi connectivity index (χ4v) is 1.96.